The zero-order valence-electron chi connectivity index (χ0n) is 15.2. The molecular formula is C17H27F3N4O. The van der Waals surface area contributed by atoms with E-state index in [0.717, 1.165) is 13.1 Å². The second kappa shape index (κ2) is 10.1. The first-order valence-electron chi connectivity index (χ1n) is 8.29. The van der Waals surface area contributed by atoms with Crippen molar-refractivity contribution < 1.29 is 17.9 Å². The van der Waals surface area contributed by atoms with E-state index in [1.165, 1.54) is 12.1 Å². The number of guanidine groups is 1. The van der Waals surface area contributed by atoms with Crippen LogP contribution in [0.2, 0.25) is 0 Å². The average molecular weight is 360 g/mol. The highest BCUT2D eigenvalue weighted by Crippen LogP contribution is 2.25. The molecule has 0 aromatic heterocycles. The van der Waals surface area contributed by atoms with Crippen LogP contribution in [0, 0.1) is 0 Å². The molecule has 0 aliphatic heterocycles. The molecule has 1 rings (SSSR count). The standard InChI is InChI=1S/C17H27F3N4O/c1-5-24(13(2)3)11-10-22-16(21-4)23-12-14-8-6-7-9-15(14)25-17(18,19)20/h6-9,13H,5,10-12H2,1-4H3,(H2,21,22,23). The molecule has 0 bridgehead atoms. The van der Waals surface area contributed by atoms with Crippen LogP contribution in [0.15, 0.2) is 29.3 Å². The molecule has 0 saturated heterocycles. The third-order valence-electron chi connectivity index (χ3n) is 3.70. The van der Waals surface area contributed by atoms with Gasteiger partial charge in [0, 0.05) is 38.3 Å². The van der Waals surface area contributed by atoms with Gasteiger partial charge >= 0.3 is 6.36 Å². The number of rotatable bonds is 8. The smallest absolute Gasteiger partial charge is 0.405 e. The summed E-state index contributed by atoms with van der Waals surface area (Å²) >= 11 is 0. The third kappa shape index (κ3) is 8.11. The Morgan fingerprint density at radius 3 is 2.48 bits per heavy atom. The molecule has 25 heavy (non-hydrogen) atoms. The molecule has 1 aromatic carbocycles. The van der Waals surface area contributed by atoms with Gasteiger partial charge in [0.1, 0.15) is 5.75 Å². The Morgan fingerprint density at radius 2 is 1.92 bits per heavy atom. The van der Waals surface area contributed by atoms with Crippen LogP contribution in [0.1, 0.15) is 26.3 Å². The maximum absolute atomic E-state index is 12.4. The number of benzene rings is 1. The van der Waals surface area contributed by atoms with Crippen molar-refractivity contribution in [2.45, 2.75) is 39.7 Å². The lowest BCUT2D eigenvalue weighted by molar-refractivity contribution is -0.274. The van der Waals surface area contributed by atoms with Crippen molar-refractivity contribution >= 4 is 5.96 Å². The number of alkyl halides is 3. The quantitative estimate of drug-likeness (QED) is 0.553. The van der Waals surface area contributed by atoms with Crippen LogP contribution in [-0.4, -0.2) is 49.9 Å². The van der Waals surface area contributed by atoms with Crippen LogP contribution in [0.5, 0.6) is 5.75 Å². The van der Waals surface area contributed by atoms with E-state index in [0.29, 0.717) is 24.1 Å². The summed E-state index contributed by atoms with van der Waals surface area (Å²) in [6.07, 6.45) is -4.71. The van der Waals surface area contributed by atoms with Crippen molar-refractivity contribution in [2.75, 3.05) is 26.7 Å². The van der Waals surface area contributed by atoms with Crippen LogP contribution in [0.3, 0.4) is 0 Å². The van der Waals surface area contributed by atoms with Crippen molar-refractivity contribution in [2.24, 2.45) is 4.99 Å². The van der Waals surface area contributed by atoms with Gasteiger partial charge in [0.2, 0.25) is 0 Å². The van der Waals surface area contributed by atoms with Gasteiger partial charge in [-0.15, -0.1) is 13.2 Å². The summed E-state index contributed by atoms with van der Waals surface area (Å²) in [4.78, 5) is 6.39. The number of hydrogen-bond acceptors (Lipinski definition) is 3. The lowest BCUT2D eigenvalue weighted by Crippen LogP contribution is -2.42. The predicted octanol–water partition coefficient (Wildman–Crippen LogP) is 2.98. The second-order valence-electron chi connectivity index (χ2n) is 5.73. The number of halogens is 3. The van der Waals surface area contributed by atoms with Crippen molar-refractivity contribution in [3.05, 3.63) is 29.8 Å². The fraction of sp³-hybridized carbons (Fsp3) is 0.588. The van der Waals surface area contributed by atoms with Gasteiger partial charge in [0.05, 0.1) is 0 Å². The SMILES string of the molecule is CCN(CCNC(=NC)NCc1ccccc1OC(F)(F)F)C(C)C. The number of hydrogen-bond donors (Lipinski definition) is 2. The lowest BCUT2D eigenvalue weighted by Gasteiger charge is -2.25. The summed E-state index contributed by atoms with van der Waals surface area (Å²) in [5, 5.41) is 6.17. The molecule has 0 aliphatic carbocycles. The molecule has 0 heterocycles. The fourth-order valence-corrected chi connectivity index (χ4v) is 2.37. The Kier molecular flexibility index (Phi) is 8.54. The normalized spacial score (nSPS) is 12.6. The summed E-state index contributed by atoms with van der Waals surface area (Å²) in [5.41, 5.74) is 0.403. The predicted molar refractivity (Wildman–Crippen MR) is 93.7 cm³/mol. The maximum Gasteiger partial charge on any atom is 0.573 e. The molecule has 0 radical (unpaired) electrons. The van der Waals surface area contributed by atoms with Crippen molar-refractivity contribution in [3.8, 4) is 5.75 Å². The van der Waals surface area contributed by atoms with E-state index in [1.54, 1.807) is 19.2 Å². The molecule has 8 heteroatoms. The highest BCUT2D eigenvalue weighted by Gasteiger charge is 2.31. The summed E-state index contributed by atoms with van der Waals surface area (Å²) in [6, 6.07) is 6.50. The van der Waals surface area contributed by atoms with Crippen molar-refractivity contribution in [1.29, 1.82) is 0 Å². The molecular weight excluding hydrogens is 333 g/mol. The monoisotopic (exact) mass is 360 g/mol. The zero-order chi connectivity index (χ0) is 18.9. The summed E-state index contributed by atoms with van der Waals surface area (Å²) in [7, 11) is 1.62. The Labute approximate surface area is 147 Å². The minimum Gasteiger partial charge on any atom is -0.405 e. The first-order chi connectivity index (χ1) is 11.8. The van der Waals surface area contributed by atoms with E-state index in [1.807, 2.05) is 0 Å². The van der Waals surface area contributed by atoms with E-state index in [2.05, 4.69) is 46.0 Å². The summed E-state index contributed by atoms with van der Waals surface area (Å²) < 4.78 is 41.4. The van der Waals surface area contributed by atoms with Crippen LogP contribution in [0.4, 0.5) is 13.2 Å². The van der Waals surface area contributed by atoms with Gasteiger partial charge in [-0.25, -0.2) is 0 Å². The Balaban J connectivity index is 2.55. The fourth-order valence-electron chi connectivity index (χ4n) is 2.37. The average Bonchev–Trinajstić information content (AvgIpc) is 2.53. The topological polar surface area (TPSA) is 48.9 Å². The number of likely N-dealkylation sites (N-methyl/N-ethyl adjacent to an activating group) is 1. The van der Waals surface area contributed by atoms with Gasteiger partial charge in [-0.3, -0.25) is 9.89 Å². The van der Waals surface area contributed by atoms with Gasteiger partial charge in [0.25, 0.3) is 0 Å². The Bertz CT molecular complexity index is 547. The van der Waals surface area contributed by atoms with Gasteiger partial charge in [-0.1, -0.05) is 25.1 Å². The molecule has 1 aromatic rings. The number of nitrogens with one attached hydrogen (secondary N) is 2. The van der Waals surface area contributed by atoms with Gasteiger partial charge in [0.15, 0.2) is 5.96 Å². The molecule has 2 N–H and O–H groups in total. The molecule has 0 atom stereocenters. The molecule has 142 valence electrons. The lowest BCUT2D eigenvalue weighted by atomic mass is 10.2. The molecule has 0 saturated carbocycles. The highest BCUT2D eigenvalue weighted by molar-refractivity contribution is 5.79. The van der Waals surface area contributed by atoms with Crippen molar-refractivity contribution in [3.63, 3.8) is 0 Å². The van der Waals surface area contributed by atoms with Crippen LogP contribution in [-0.2, 0) is 6.54 Å². The van der Waals surface area contributed by atoms with E-state index < -0.39 is 6.36 Å². The Morgan fingerprint density at radius 1 is 1.24 bits per heavy atom. The van der Waals surface area contributed by atoms with Crippen molar-refractivity contribution in [1.82, 2.24) is 15.5 Å². The van der Waals surface area contributed by atoms with E-state index in [-0.39, 0.29) is 12.3 Å². The Hall–Kier alpha value is -1.96. The molecule has 0 spiro atoms. The largest absolute Gasteiger partial charge is 0.573 e. The third-order valence-corrected chi connectivity index (χ3v) is 3.70. The van der Waals surface area contributed by atoms with Crippen LogP contribution >= 0.6 is 0 Å². The number of aliphatic imine (C=N–C) groups is 1. The minimum absolute atomic E-state index is 0.174. The maximum atomic E-state index is 12.4. The first kappa shape index (κ1) is 21.1. The second-order valence-corrected chi connectivity index (χ2v) is 5.73. The summed E-state index contributed by atoms with van der Waals surface area (Å²) in [5.74, 6) is 0.316. The van der Waals surface area contributed by atoms with E-state index in [9.17, 15) is 13.2 Å². The van der Waals surface area contributed by atoms with E-state index >= 15 is 0 Å². The number of para-hydroxylation sites is 1. The molecule has 0 unspecified atom stereocenters. The molecule has 0 fully saturated rings. The summed E-state index contributed by atoms with van der Waals surface area (Å²) in [6.45, 7) is 9.03. The molecule has 0 amide bonds. The zero-order valence-corrected chi connectivity index (χ0v) is 15.2. The number of nitrogens with zero attached hydrogens (tertiary/aromatic N) is 2. The molecule has 5 nitrogen and oxygen atoms in total. The highest BCUT2D eigenvalue weighted by atomic mass is 19.4. The minimum atomic E-state index is -4.71. The number of ether oxygens (including phenoxy) is 1. The van der Waals surface area contributed by atoms with Crippen LogP contribution in [0.25, 0.3) is 0 Å². The van der Waals surface area contributed by atoms with Gasteiger partial charge < -0.3 is 15.4 Å². The van der Waals surface area contributed by atoms with Gasteiger partial charge in [-0.2, -0.15) is 0 Å². The van der Waals surface area contributed by atoms with Gasteiger partial charge in [-0.05, 0) is 26.5 Å². The molecule has 0 aliphatic rings. The van der Waals surface area contributed by atoms with Crippen LogP contribution < -0.4 is 15.4 Å². The van der Waals surface area contributed by atoms with E-state index in [4.69, 9.17) is 0 Å². The first-order valence-corrected chi connectivity index (χ1v) is 8.29.